The van der Waals surface area contributed by atoms with E-state index < -0.39 is 12.1 Å². The van der Waals surface area contributed by atoms with E-state index >= 15 is 0 Å². The van der Waals surface area contributed by atoms with Crippen molar-refractivity contribution in [1.29, 1.82) is 0 Å². The van der Waals surface area contributed by atoms with E-state index in [9.17, 15) is 18.0 Å². The van der Waals surface area contributed by atoms with E-state index in [4.69, 9.17) is 19.6 Å². The summed E-state index contributed by atoms with van der Waals surface area (Å²) in [6, 6.07) is 10.1. The second-order valence-corrected chi connectivity index (χ2v) is 8.91. The number of benzene rings is 1. The summed E-state index contributed by atoms with van der Waals surface area (Å²) in [6.45, 7) is 5.84. The number of alkyl halides is 4. The quantitative estimate of drug-likeness (QED) is 0.365. The Morgan fingerprint density at radius 1 is 1.13 bits per heavy atom. The third-order valence-corrected chi connectivity index (χ3v) is 5.68. The van der Waals surface area contributed by atoms with Gasteiger partial charge in [0.25, 0.3) is 5.56 Å². The Bertz CT molecular complexity index is 1210. The van der Waals surface area contributed by atoms with Crippen LogP contribution < -0.4 is 15.8 Å². The van der Waals surface area contributed by atoms with Crippen LogP contribution in [-0.2, 0) is 27.4 Å². The Morgan fingerprint density at radius 3 is 2.26 bits per heavy atom. The van der Waals surface area contributed by atoms with Gasteiger partial charge in [0.1, 0.15) is 6.33 Å². The summed E-state index contributed by atoms with van der Waals surface area (Å²) in [7, 11) is 3.31. The Balaban J connectivity index is 0.000000374. The molecular formula is C24H32BrF3N6O5. The average molecular weight is 621 g/mol. The van der Waals surface area contributed by atoms with Crippen molar-refractivity contribution in [3.8, 4) is 0 Å². The third-order valence-electron chi connectivity index (χ3n) is 5.36. The average Bonchev–Trinajstić information content (AvgIpc) is 3.29. The molecule has 15 heteroatoms. The maximum Gasteiger partial charge on any atom is 0.490 e. The lowest BCUT2D eigenvalue weighted by atomic mass is 10.2. The van der Waals surface area contributed by atoms with Crippen LogP contribution in [0.3, 0.4) is 0 Å². The lowest BCUT2D eigenvalue weighted by Crippen LogP contribution is -2.44. The van der Waals surface area contributed by atoms with Gasteiger partial charge in [-0.05, 0) is 5.56 Å². The van der Waals surface area contributed by atoms with Gasteiger partial charge < -0.3 is 24.8 Å². The summed E-state index contributed by atoms with van der Waals surface area (Å²) in [6.07, 6.45) is -3.52. The predicted molar refractivity (Wildman–Crippen MR) is 144 cm³/mol. The maximum atomic E-state index is 13.1. The van der Waals surface area contributed by atoms with Crippen LogP contribution in [0, 0.1) is 0 Å². The molecular weight excluding hydrogens is 589 g/mol. The van der Waals surface area contributed by atoms with Gasteiger partial charge >= 0.3 is 12.1 Å². The number of nitrogens with one attached hydrogen (secondary N) is 1. The predicted octanol–water partition coefficient (Wildman–Crippen LogP) is 2.36. The Morgan fingerprint density at radius 2 is 1.74 bits per heavy atom. The molecule has 216 valence electrons. The fourth-order valence-electron chi connectivity index (χ4n) is 3.49. The first-order valence-electron chi connectivity index (χ1n) is 11.9. The minimum Gasteiger partial charge on any atom is -0.475 e. The number of nitrogens with zero attached hydrogens (tertiary/aromatic N) is 5. The van der Waals surface area contributed by atoms with E-state index in [1.165, 1.54) is 0 Å². The number of hydrogen-bond donors (Lipinski definition) is 2. The number of hydrogen-bond acceptors (Lipinski definition) is 8. The van der Waals surface area contributed by atoms with E-state index in [0.29, 0.717) is 30.9 Å². The molecule has 39 heavy (non-hydrogen) atoms. The van der Waals surface area contributed by atoms with Crippen molar-refractivity contribution in [2.75, 3.05) is 63.8 Å². The van der Waals surface area contributed by atoms with Crippen LogP contribution in [0.5, 0.6) is 0 Å². The standard InChI is InChI=1S/C19H24N6O2.C3H7BrO.C2HF3O2/c1-27-12-11-24-14-21-17-16(18(24)26)25(13-15-5-3-2-4-6-15)19(22-17)23-9-7-20-8-10-23;1-5-3-2-4;3-2(4,5)1(6)7/h2-6,14,20H,7-13H2,1H3;2-3H2,1H3;(H,6,7). The number of ether oxygens (including phenoxy) is 2. The van der Waals surface area contributed by atoms with Crippen LogP contribution >= 0.6 is 15.9 Å². The maximum absolute atomic E-state index is 13.1. The molecule has 0 saturated carbocycles. The van der Waals surface area contributed by atoms with Crippen molar-refractivity contribution in [1.82, 2.24) is 24.4 Å². The summed E-state index contributed by atoms with van der Waals surface area (Å²) in [5.41, 5.74) is 2.09. The van der Waals surface area contributed by atoms with E-state index in [2.05, 4.69) is 48.0 Å². The number of aromatic nitrogens is 4. The number of halogens is 4. The molecule has 0 spiro atoms. The van der Waals surface area contributed by atoms with Crippen LogP contribution in [0.4, 0.5) is 19.1 Å². The summed E-state index contributed by atoms with van der Waals surface area (Å²) < 4.78 is 45.1. The zero-order valence-electron chi connectivity index (χ0n) is 21.7. The molecule has 1 aliphatic heterocycles. The molecule has 0 amide bonds. The molecule has 3 aromatic rings. The van der Waals surface area contributed by atoms with Gasteiger partial charge in [-0.2, -0.15) is 18.2 Å². The summed E-state index contributed by atoms with van der Waals surface area (Å²) in [4.78, 5) is 33.4. The molecule has 2 N–H and O–H groups in total. The van der Waals surface area contributed by atoms with Gasteiger partial charge in [0.15, 0.2) is 11.2 Å². The number of carboxylic acid groups (broad SMARTS) is 1. The number of fused-ring (bicyclic) bond motifs is 1. The molecule has 4 rings (SSSR count). The zero-order chi connectivity index (χ0) is 28.8. The molecule has 1 saturated heterocycles. The fourth-order valence-corrected chi connectivity index (χ4v) is 3.81. The highest BCUT2D eigenvalue weighted by Gasteiger charge is 2.38. The number of carbonyl (C=O) groups is 1. The highest BCUT2D eigenvalue weighted by Crippen LogP contribution is 2.21. The Kier molecular flexibility index (Phi) is 13.4. The molecule has 0 unspecified atom stereocenters. The van der Waals surface area contributed by atoms with Crippen molar-refractivity contribution in [2.45, 2.75) is 19.3 Å². The number of imidazole rings is 1. The largest absolute Gasteiger partial charge is 0.490 e. The number of rotatable bonds is 8. The number of carboxylic acids is 1. The monoisotopic (exact) mass is 620 g/mol. The van der Waals surface area contributed by atoms with Crippen molar-refractivity contribution >= 4 is 39.0 Å². The van der Waals surface area contributed by atoms with Crippen LogP contribution in [0.2, 0.25) is 0 Å². The van der Waals surface area contributed by atoms with Gasteiger partial charge in [0, 0.05) is 45.7 Å². The smallest absolute Gasteiger partial charge is 0.475 e. The van der Waals surface area contributed by atoms with Crippen LogP contribution in [-0.4, -0.2) is 95.3 Å². The van der Waals surface area contributed by atoms with Gasteiger partial charge in [-0.15, -0.1) is 0 Å². The van der Waals surface area contributed by atoms with E-state index in [0.717, 1.165) is 49.6 Å². The van der Waals surface area contributed by atoms with Gasteiger partial charge in [-0.1, -0.05) is 46.3 Å². The number of aliphatic carboxylic acids is 1. The van der Waals surface area contributed by atoms with Crippen LogP contribution in [0.25, 0.3) is 11.2 Å². The molecule has 0 radical (unpaired) electrons. The fraction of sp³-hybridized carbons (Fsp3) is 0.500. The summed E-state index contributed by atoms with van der Waals surface area (Å²) >= 11 is 3.18. The number of anilines is 1. The topological polar surface area (TPSA) is 124 Å². The molecule has 1 aliphatic rings. The van der Waals surface area contributed by atoms with E-state index in [1.54, 1.807) is 25.1 Å². The van der Waals surface area contributed by atoms with Crippen LogP contribution in [0.1, 0.15) is 5.56 Å². The molecule has 11 nitrogen and oxygen atoms in total. The third kappa shape index (κ3) is 9.91. The molecule has 2 aromatic heterocycles. The molecule has 1 fully saturated rings. The minimum atomic E-state index is -5.08. The molecule has 0 bridgehead atoms. The first-order valence-corrected chi connectivity index (χ1v) is 13.0. The highest BCUT2D eigenvalue weighted by atomic mass is 79.9. The normalized spacial score (nSPS) is 13.3. The molecule has 1 aromatic carbocycles. The van der Waals surface area contributed by atoms with Crippen molar-refractivity contribution in [3.63, 3.8) is 0 Å². The van der Waals surface area contributed by atoms with E-state index in [1.807, 2.05) is 22.8 Å². The van der Waals surface area contributed by atoms with Crippen molar-refractivity contribution < 1.29 is 32.5 Å². The first-order chi connectivity index (χ1) is 18.6. The van der Waals surface area contributed by atoms with Crippen molar-refractivity contribution in [3.05, 3.63) is 52.6 Å². The minimum absolute atomic E-state index is 0.0816. The Labute approximate surface area is 231 Å². The second-order valence-electron chi connectivity index (χ2n) is 8.11. The highest BCUT2D eigenvalue weighted by molar-refractivity contribution is 9.09. The lowest BCUT2D eigenvalue weighted by molar-refractivity contribution is -0.192. The lowest BCUT2D eigenvalue weighted by Gasteiger charge is -2.28. The SMILES string of the molecule is COCCBr.COCCn1cnc2nc(N3CCNCC3)n(Cc3ccccc3)c2c1=O.O=C(O)C(F)(F)F. The van der Waals surface area contributed by atoms with Gasteiger partial charge in [-0.3, -0.25) is 13.9 Å². The molecule has 3 heterocycles. The van der Waals surface area contributed by atoms with Crippen LogP contribution in [0.15, 0.2) is 41.5 Å². The first kappa shape index (κ1) is 32.2. The number of methoxy groups -OCH3 is 2. The molecule has 0 aliphatic carbocycles. The Hall–Kier alpha value is -3.01. The van der Waals surface area contributed by atoms with Gasteiger partial charge in [0.05, 0.1) is 26.3 Å². The zero-order valence-corrected chi connectivity index (χ0v) is 23.2. The van der Waals surface area contributed by atoms with Crippen molar-refractivity contribution in [2.24, 2.45) is 0 Å². The van der Waals surface area contributed by atoms with Gasteiger partial charge in [-0.25, -0.2) is 9.78 Å². The van der Waals surface area contributed by atoms with E-state index in [-0.39, 0.29) is 5.56 Å². The van der Waals surface area contributed by atoms with Gasteiger partial charge in [0.2, 0.25) is 5.95 Å². The second kappa shape index (κ2) is 16.2. The number of piperazine rings is 1. The summed E-state index contributed by atoms with van der Waals surface area (Å²) in [5.74, 6) is -1.95. The molecule has 0 atom stereocenters. The summed E-state index contributed by atoms with van der Waals surface area (Å²) in [5, 5.41) is 11.4.